The molecule has 7 heteroatoms. The SMILES string of the molecule is COc1cccc(C(=Nc2c(F)cccc2F)Nc2c(F)cccc2F)c1. The van der Waals surface area contributed by atoms with Gasteiger partial charge in [0.15, 0.2) is 11.6 Å². The fraction of sp³-hybridized carbons (Fsp3) is 0.0500. The van der Waals surface area contributed by atoms with Gasteiger partial charge in [0.05, 0.1) is 7.11 Å². The van der Waals surface area contributed by atoms with Gasteiger partial charge in [0.2, 0.25) is 0 Å². The number of halogens is 4. The van der Waals surface area contributed by atoms with Gasteiger partial charge in [-0.05, 0) is 36.4 Å². The van der Waals surface area contributed by atoms with E-state index in [1.807, 2.05) is 0 Å². The molecule has 0 bridgehead atoms. The molecule has 3 aromatic carbocycles. The molecule has 0 aliphatic carbocycles. The van der Waals surface area contributed by atoms with Crippen molar-refractivity contribution >= 4 is 17.2 Å². The van der Waals surface area contributed by atoms with E-state index in [4.69, 9.17) is 4.74 Å². The Morgan fingerprint density at radius 2 is 1.37 bits per heavy atom. The Kier molecular flexibility index (Phi) is 5.40. The first-order valence-electron chi connectivity index (χ1n) is 7.87. The number of methoxy groups -OCH3 is 1. The molecule has 1 N–H and O–H groups in total. The Morgan fingerprint density at radius 3 is 1.96 bits per heavy atom. The maximum Gasteiger partial charge on any atom is 0.151 e. The van der Waals surface area contributed by atoms with Gasteiger partial charge in [-0.25, -0.2) is 22.6 Å². The van der Waals surface area contributed by atoms with E-state index < -0.39 is 34.6 Å². The molecule has 3 aromatic rings. The van der Waals surface area contributed by atoms with Crippen molar-refractivity contribution in [1.29, 1.82) is 0 Å². The molecule has 0 saturated heterocycles. The lowest BCUT2D eigenvalue weighted by atomic mass is 10.1. The van der Waals surface area contributed by atoms with Crippen molar-refractivity contribution in [3.05, 3.63) is 89.5 Å². The minimum atomic E-state index is -0.911. The molecule has 3 rings (SSSR count). The van der Waals surface area contributed by atoms with Crippen LogP contribution in [0.15, 0.2) is 65.7 Å². The van der Waals surface area contributed by atoms with Crippen LogP contribution < -0.4 is 10.1 Å². The minimum Gasteiger partial charge on any atom is -0.497 e. The molecule has 0 aliphatic rings. The van der Waals surface area contributed by atoms with E-state index in [-0.39, 0.29) is 5.84 Å². The lowest BCUT2D eigenvalue weighted by Gasteiger charge is -2.13. The summed E-state index contributed by atoms with van der Waals surface area (Å²) in [5, 5.41) is 2.50. The largest absolute Gasteiger partial charge is 0.497 e. The number of anilines is 1. The van der Waals surface area contributed by atoms with Gasteiger partial charge in [-0.1, -0.05) is 24.3 Å². The molecule has 3 nitrogen and oxygen atoms in total. The molecule has 0 fully saturated rings. The Bertz CT molecular complexity index is 965. The third-order valence-electron chi connectivity index (χ3n) is 3.71. The Hall–Kier alpha value is -3.35. The van der Waals surface area contributed by atoms with Crippen LogP contribution in [0.4, 0.5) is 28.9 Å². The van der Waals surface area contributed by atoms with Crippen LogP contribution in [0.3, 0.4) is 0 Å². The number of hydrogen-bond acceptors (Lipinski definition) is 2. The van der Waals surface area contributed by atoms with Crippen LogP contribution in [-0.2, 0) is 0 Å². The highest BCUT2D eigenvalue weighted by Crippen LogP contribution is 2.26. The molecular formula is C20H14F4N2O. The zero-order chi connectivity index (χ0) is 19.4. The van der Waals surface area contributed by atoms with E-state index in [9.17, 15) is 17.6 Å². The quantitative estimate of drug-likeness (QED) is 0.375. The van der Waals surface area contributed by atoms with Crippen molar-refractivity contribution in [2.24, 2.45) is 4.99 Å². The number of amidine groups is 1. The number of hydrogen-bond donors (Lipinski definition) is 1. The van der Waals surface area contributed by atoms with Gasteiger partial charge in [-0.15, -0.1) is 0 Å². The van der Waals surface area contributed by atoms with E-state index in [0.717, 1.165) is 24.3 Å². The molecule has 0 saturated carbocycles. The normalized spacial score (nSPS) is 11.4. The summed E-state index contributed by atoms with van der Waals surface area (Å²) in [6, 6.07) is 12.9. The van der Waals surface area contributed by atoms with Crippen LogP contribution >= 0.6 is 0 Å². The number of benzene rings is 3. The van der Waals surface area contributed by atoms with Crippen LogP contribution in [0, 0.1) is 23.3 Å². The zero-order valence-corrected chi connectivity index (χ0v) is 14.1. The van der Waals surface area contributed by atoms with Crippen molar-refractivity contribution < 1.29 is 22.3 Å². The molecule has 0 atom stereocenters. The summed E-state index contributed by atoms with van der Waals surface area (Å²) in [5.41, 5.74) is -0.755. The van der Waals surface area contributed by atoms with Crippen molar-refractivity contribution in [3.63, 3.8) is 0 Å². The highest BCUT2D eigenvalue weighted by Gasteiger charge is 2.15. The fourth-order valence-electron chi connectivity index (χ4n) is 2.38. The van der Waals surface area contributed by atoms with Crippen molar-refractivity contribution in [3.8, 4) is 5.75 Å². The number of para-hydroxylation sites is 2. The lowest BCUT2D eigenvalue weighted by molar-refractivity contribution is 0.414. The molecule has 0 heterocycles. The molecule has 0 unspecified atom stereocenters. The van der Waals surface area contributed by atoms with Gasteiger partial charge < -0.3 is 10.1 Å². The van der Waals surface area contributed by atoms with Crippen LogP contribution in [-0.4, -0.2) is 12.9 Å². The summed E-state index contributed by atoms with van der Waals surface area (Å²) in [7, 11) is 1.44. The van der Waals surface area contributed by atoms with E-state index in [1.165, 1.54) is 25.3 Å². The summed E-state index contributed by atoms with van der Waals surface area (Å²) < 4.78 is 61.2. The third-order valence-corrected chi connectivity index (χ3v) is 3.71. The topological polar surface area (TPSA) is 33.6 Å². The third kappa shape index (κ3) is 4.08. The molecule has 0 amide bonds. The molecule has 0 aliphatic heterocycles. The van der Waals surface area contributed by atoms with Crippen molar-refractivity contribution in [1.82, 2.24) is 0 Å². The standard InChI is InChI=1S/C20H14F4N2O/c1-27-13-6-2-5-12(11-13)20(25-18-14(21)7-3-8-15(18)22)26-19-16(23)9-4-10-17(19)24/h2-11H,1H3,(H,25,26). The summed E-state index contributed by atoms with van der Waals surface area (Å²) in [6.07, 6.45) is 0. The Labute approximate surface area is 152 Å². The van der Waals surface area contributed by atoms with Crippen molar-refractivity contribution in [2.75, 3.05) is 12.4 Å². The molecule has 0 radical (unpaired) electrons. The van der Waals surface area contributed by atoms with Crippen LogP contribution in [0.2, 0.25) is 0 Å². The monoisotopic (exact) mass is 374 g/mol. The van der Waals surface area contributed by atoms with Gasteiger partial charge in [-0.3, -0.25) is 0 Å². The number of rotatable bonds is 4. The molecular weight excluding hydrogens is 360 g/mol. The maximum absolute atomic E-state index is 14.0. The second-order valence-corrected chi connectivity index (χ2v) is 5.48. The predicted molar refractivity (Wildman–Crippen MR) is 95.5 cm³/mol. The van der Waals surface area contributed by atoms with Crippen molar-refractivity contribution in [2.45, 2.75) is 0 Å². The fourth-order valence-corrected chi connectivity index (χ4v) is 2.38. The number of aliphatic imine (C=N–C) groups is 1. The second-order valence-electron chi connectivity index (χ2n) is 5.48. The highest BCUT2D eigenvalue weighted by atomic mass is 19.1. The number of nitrogens with zero attached hydrogens (tertiary/aromatic N) is 1. The van der Waals surface area contributed by atoms with E-state index in [1.54, 1.807) is 18.2 Å². The second kappa shape index (κ2) is 7.90. The van der Waals surface area contributed by atoms with E-state index in [2.05, 4.69) is 10.3 Å². The summed E-state index contributed by atoms with van der Waals surface area (Å²) in [6.45, 7) is 0. The van der Waals surface area contributed by atoms with Gasteiger partial charge in [-0.2, -0.15) is 0 Å². The Morgan fingerprint density at radius 1 is 0.815 bits per heavy atom. The lowest BCUT2D eigenvalue weighted by Crippen LogP contribution is -2.16. The zero-order valence-electron chi connectivity index (χ0n) is 14.1. The van der Waals surface area contributed by atoms with Gasteiger partial charge >= 0.3 is 0 Å². The van der Waals surface area contributed by atoms with Gasteiger partial charge in [0.1, 0.15) is 34.6 Å². The van der Waals surface area contributed by atoms with E-state index in [0.29, 0.717) is 11.3 Å². The summed E-state index contributed by atoms with van der Waals surface area (Å²) in [5.74, 6) is -3.29. The number of nitrogens with one attached hydrogen (secondary N) is 1. The Balaban J connectivity index is 2.16. The molecule has 0 aromatic heterocycles. The first kappa shape index (κ1) is 18.4. The smallest absolute Gasteiger partial charge is 0.151 e. The van der Waals surface area contributed by atoms with Crippen LogP contribution in [0.1, 0.15) is 5.56 Å². The van der Waals surface area contributed by atoms with Gasteiger partial charge in [0, 0.05) is 5.56 Å². The van der Waals surface area contributed by atoms with Gasteiger partial charge in [0.25, 0.3) is 0 Å². The molecule has 138 valence electrons. The summed E-state index contributed by atoms with van der Waals surface area (Å²) in [4.78, 5) is 3.95. The number of ether oxygens (including phenoxy) is 1. The minimum absolute atomic E-state index is 0.151. The average molecular weight is 374 g/mol. The predicted octanol–water partition coefficient (Wildman–Crippen LogP) is 5.44. The van der Waals surface area contributed by atoms with E-state index >= 15 is 0 Å². The average Bonchev–Trinajstić information content (AvgIpc) is 2.66. The molecule has 0 spiro atoms. The van der Waals surface area contributed by atoms with Crippen LogP contribution in [0.25, 0.3) is 0 Å². The molecule has 27 heavy (non-hydrogen) atoms. The first-order chi connectivity index (χ1) is 13.0. The summed E-state index contributed by atoms with van der Waals surface area (Å²) >= 11 is 0. The first-order valence-corrected chi connectivity index (χ1v) is 7.87. The maximum atomic E-state index is 14.0. The van der Waals surface area contributed by atoms with Crippen LogP contribution in [0.5, 0.6) is 5.75 Å². The highest BCUT2D eigenvalue weighted by molar-refractivity contribution is 6.09.